The topological polar surface area (TPSA) is 75.7 Å². The van der Waals surface area contributed by atoms with Crippen LogP contribution in [-0.4, -0.2) is 27.5 Å². The standard InChI is InChI=1S/C21H17BrN2O4S/c22-14-7-8-18-15(11-14)16(9-10-28-18)23-20(25)12-24-17-5-1-3-13-4-2-6-19(21(13)17)29(24,26)27/h1-8,11,16H,9-10,12H2,(H,23,25). The van der Waals surface area contributed by atoms with Crippen LogP contribution >= 0.6 is 15.9 Å². The van der Waals surface area contributed by atoms with Gasteiger partial charge in [0.25, 0.3) is 10.0 Å². The molecule has 1 amide bonds. The molecule has 29 heavy (non-hydrogen) atoms. The second-order valence-electron chi connectivity index (χ2n) is 7.08. The van der Waals surface area contributed by atoms with E-state index in [-0.39, 0.29) is 23.4 Å². The number of ether oxygens (including phenoxy) is 1. The van der Waals surface area contributed by atoms with E-state index < -0.39 is 10.0 Å². The van der Waals surface area contributed by atoms with Gasteiger partial charge in [-0.2, -0.15) is 0 Å². The van der Waals surface area contributed by atoms with Crippen molar-refractivity contribution in [2.45, 2.75) is 17.4 Å². The molecule has 0 saturated heterocycles. The number of nitrogens with zero attached hydrogens (tertiary/aromatic N) is 1. The quantitative estimate of drug-likeness (QED) is 0.629. The molecule has 3 aromatic carbocycles. The van der Waals surface area contributed by atoms with Crippen LogP contribution in [0.5, 0.6) is 5.75 Å². The van der Waals surface area contributed by atoms with E-state index in [1.54, 1.807) is 24.3 Å². The minimum absolute atomic E-state index is 0.229. The van der Waals surface area contributed by atoms with Crippen LogP contribution in [0.3, 0.4) is 0 Å². The smallest absolute Gasteiger partial charge is 0.265 e. The lowest BCUT2D eigenvalue weighted by Gasteiger charge is -2.28. The fraction of sp³-hybridized carbons (Fsp3) is 0.190. The molecule has 148 valence electrons. The van der Waals surface area contributed by atoms with Crippen LogP contribution in [-0.2, 0) is 14.8 Å². The maximum absolute atomic E-state index is 13.1. The zero-order valence-electron chi connectivity index (χ0n) is 15.3. The number of fused-ring (bicyclic) bond motifs is 1. The lowest BCUT2D eigenvalue weighted by molar-refractivity contribution is -0.120. The van der Waals surface area contributed by atoms with Crippen LogP contribution < -0.4 is 14.4 Å². The van der Waals surface area contributed by atoms with Crippen LogP contribution in [0.4, 0.5) is 5.69 Å². The summed E-state index contributed by atoms with van der Waals surface area (Å²) in [6.07, 6.45) is 0.623. The zero-order valence-corrected chi connectivity index (χ0v) is 17.7. The first kappa shape index (κ1) is 18.4. The molecule has 0 bridgehead atoms. The van der Waals surface area contributed by atoms with Crippen molar-refractivity contribution in [1.82, 2.24) is 5.32 Å². The van der Waals surface area contributed by atoms with Crippen molar-refractivity contribution in [3.63, 3.8) is 0 Å². The van der Waals surface area contributed by atoms with Gasteiger partial charge in [-0.05, 0) is 35.7 Å². The number of sulfonamides is 1. The number of halogens is 1. The highest BCUT2D eigenvalue weighted by atomic mass is 79.9. The molecule has 8 heteroatoms. The Morgan fingerprint density at radius 3 is 2.79 bits per heavy atom. The third-order valence-corrected chi connectivity index (χ3v) is 7.61. The molecule has 1 atom stereocenters. The largest absolute Gasteiger partial charge is 0.493 e. The highest BCUT2D eigenvalue weighted by Crippen LogP contribution is 2.42. The van der Waals surface area contributed by atoms with Crippen molar-refractivity contribution < 1.29 is 17.9 Å². The predicted octanol–water partition coefficient (Wildman–Crippen LogP) is 3.75. The van der Waals surface area contributed by atoms with Crippen molar-refractivity contribution in [3.8, 4) is 5.75 Å². The molecular formula is C21H17BrN2O4S. The van der Waals surface area contributed by atoms with Crippen molar-refractivity contribution in [1.29, 1.82) is 0 Å². The van der Waals surface area contributed by atoms with Gasteiger partial charge in [-0.3, -0.25) is 9.10 Å². The molecule has 1 N–H and O–H groups in total. The molecule has 2 aliphatic rings. The van der Waals surface area contributed by atoms with Gasteiger partial charge in [0.05, 0.1) is 23.2 Å². The maximum Gasteiger partial charge on any atom is 0.265 e. The van der Waals surface area contributed by atoms with Gasteiger partial charge in [0, 0.05) is 21.8 Å². The van der Waals surface area contributed by atoms with Gasteiger partial charge in [0.1, 0.15) is 12.3 Å². The van der Waals surface area contributed by atoms with E-state index >= 15 is 0 Å². The fourth-order valence-corrected chi connectivity index (χ4v) is 6.06. The Hall–Kier alpha value is -2.58. The average Bonchev–Trinajstić information content (AvgIpc) is 2.92. The number of hydrogen-bond donors (Lipinski definition) is 1. The van der Waals surface area contributed by atoms with E-state index in [4.69, 9.17) is 4.74 Å². The SMILES string of the molecule is O=C(CN1c2cccc3cccc(c23)S1(=O)=O)NC1CCOc2ccc(Br)cc21. The number of rotatable bonds is 3. The Balaban J connectivity index is 1.43. The van der Waals surface area contributed by atoms with E-state index in [1.807, 2.05) is 30.3 Å². The minimum Gasteiger partial charge on any atom is -0.493 e. The van der Waals surface area contributed by atoms with Crippen LogP contribution in [0.1, 0.15) is 18.0 Å². The number of amides is 1. The number of nitrogens with one attached hydrogen (secondary N) is 1. The van der Waals surface area contributed by atoms with E-state index in [9.17, 15) is 13.2 Å². The molecule has 0 spiro atoms. The lowest BCUT2D eigenvalue weighted by atomic mass is 10.0. The number of benzene rings is 3. The molecule has 0 fully saturated rings. The summed E-state index contributed by atoms with van der Waals surface area (Å²) >= 11 is 3.45. The van der Waals surface area contributed by atoms with Crippen molar-refractivity contribution in [2.24, 2.45) is 0 Å². The Labute approximate surface area is 176 Å². The van der Waals surface area contributed by atoms with Gasteiger partial charge in [-0.25, -0.2) is 8.42 Å². The van der Waals surface area contributed by atoms with E-state index in [0.29, 0.717) is 24.1 Å². The molecule has 1 unspecified atom stereocenters. The number of hydrogen-bond acceptors (Lipinski definition) is 4. The van der Waals surface area contributed by atoms with Crippen LogP contribution in [0.2, 0.25) is 0 Å². The first-order valence-electron chi connectivity index (χ1n) is 9.21. The Kier molecular flexibility index (Phi) is 4.29. The van der Waals surface area contributed by atoms with Gasteiger partial charge in [0.15, 0.2) is 0 Å². The van der Waals surface area contributed by atoms with Crippen molar-refractivity contribution in [2.75, 3.05) is 17.5 Å². The average molecular weight is 473 g/mol. The minimum atomic E-state index is -3.76. The van der Waals surface area contributed by atoms with Crippen molar-refractivity contribution in [3.05, 3.63) is 64.6 Å². The Morgan fingerprint density at radius 1 is 1.17 bits per heavy atom. The second kappa shape index (κ2) is 6.74. The summed E-state index contributed by atoms with van der Waals surface area (Å²) in [7, 11) is -3.76. The number of carbonyl (C=O) groups excluding carboxylic acids is 1. The lowest BCUT2D eigenvalue weighted by Crippen LogP contribution is -2.41. The molecule has 3 aromatic rings. The normalized spacial score (nSPS) is 18.9. The molecule has 2 heterocycles. The second-order valence-corrected chi connectivity index (χ2v) is 9.83. The summed E-state index contributed by atoms with van der Waals surface area (Å²) in [6.45, 7) is 0.225. The van der Waals surface area contributed by atoms with Gasteiger partial charge >= 0.3 is 0 Å². The summed E-state index contributed by atoms with van der Waals surface area (Å²) in [5.74, 6) is 0.381. The molecule has 5 rings (SSSR count). The molecule has 0 aliphatic carbocycles. The van der Waals surface area contributed by atoms with Gasteiger partial charge in [0.2, 0.25) is 5.91 Å². The molecular weight excluding hydrogens is 456 g/mol. The predicted molar refractivity (Wildman–Crippen MR) is 114 cm³/mol. The third-order valence-electron chi connectivity index (χ3n) is 5.31. The Morgan fingerprint density at radius 2 is 1.97 bits per heavy atom. The maximum atomic E-state index is 13.1. The highest BCUT2D eigenvalue weighted by molar-refractivity contribution is 9.10. The molecule has 0 saturated carbocycles. The van der Waals surface area contributed by atoms with Gasteiger partial charge in [-0.15, -0.1) is 0 Å². The van der Waals surface area contributed by atoms with E-state index in [2.05, 4.69) is 21.2 Å². The molecule has 0 radical (unpaired) electrons. The fourth-order valence-electron chi connectivity index (χ4n) is 4.01. The first-order valence-corrected chi connectivity index (χ1v) is 11.4. The van der Waals surface area contributed by atoms with Crippen LogP contribution in [0.25, 0.3) is 10.8 Å². The van der Waals surface area contributed by atoms with Crippen molar-refractivity contribution >= 4 is 48.3 Å². The summed E-state index contributed by atoms with van der Waals surface area (Å²) in [5, 5.41) is 4.49. The first-order chi connectivity index (χ1) is 13.9. The highest BCUT2D eigenvalue weighted by Gasteiger charge is 2.37. The van der Waals surface area contributed by atoms with Gasteiger partial charge < -0.3 is 10.1 Å². The third kappa shape index (κ3) is 2.98. The Bertz CT molecular complexity index is 1250. The van der Waals surface area contributed by atoms with E-state index in [1.165, 1.54) is 4.31 Å². The van der Waals surface area contributed by atoms with Crippen LogP contribution in [0.15, 0.2) is 64.0 Å². The molecule has 2 aliphatic heterocycles. The summed E-state index contributed by atoms with van der Waals surface area (Å²) in [5.41, 5.74) is 1.43. The number of anilines is 1. The summed E-state index contributed by atoms with van der Waals surface area (Å²) in [4.78, 5) is 13.1. The van der Waals surface area contributed by atoms with Gasteiger partial charge in [-0.1, -0.05) is 40.2 Å². The van der Waals surface area contributed by atoms with Crippen LogP contribution in [0, 0.1) is 0 Å². The number of carbonyl (C=O) groups is 1. The monoisotopic (exact) mass is 472 g/mol. The summed E-state index contributed by atoms with van der Waals surface area (Å²) < 4.78 is 33.9. The van der Waals surface area contributed by atoms with E-state index in [0.717, 1.165) is 21.2 Å². The molecule has 0 aromatic heterocycles. The summed E-state index contributed by atoms with van der Waals surface area (Å²) in [6, 6.07) is 16.0. The molecule has 6 nitrogen and oxygen atoms in total. The zero-order chi connectivity index (χ0) is 20.2.